The van der Waals surface area contributed by atoms with Gasteiger partial charge in [-0.15, -0.1) is 0 Å². The van der Waals surface area contributed by atoms with Crippen molar-refractivity contribution in [2.75, 3.05) is 7.05 Å². The summed E-state index contributed by atoms with van der Waals surface area (Å²) >= 11 is 0. The summed E-state index contributed by atoms with van der Waals surface area (Å²) in [7, 11) is 2.02. The first kappa shape index (κ1) is 15.8. The van der Waals surface area contributed by atoms with Crippen LogP contribution in [0.2, 0.25) is 0 Å². The summed E-state index contributed by atoms with van der Waals surface area (Å²) in [6.45, 7) is 6.74. The van der Waals surface area contributed by atoms with Crippen molar-refractivity contribution in [2.24, 2.45) is 29.4 Å². The summed E-state index contributed by atoms with van der Waals surface area (Å²) in [6.07, 6.45) is 6.98. The molecule has 0 bridgehead atoms. The number of hydrogen-bond acceptors (Lipinski definition) is 2. The van der Waals surface area contributed by atoms with E-state index in [4.69, 9.17) is 5.73 Å². The highest BCUT2D eigenvalue weighted by Crippen LogP contribution is 2.35. The van der Waals surface area contributed by atoms with E-state index in [-0.39, 0.29) is 12.0 Å². The molecule has 0 aromatic rings. The van der Waals surface area contributed by atoms with E-state index in [0.717, 1.165) is 12.8 Å². The molecule has 116 valence electrons. The van der Waals surface area contributed by atoms with Gasteiger partial charge in [-0.1, -0.05) is 33.6 Å². The second-order valence-corrected chi connectivity index (χ2v) is 7.47. The molecule has 2 fully saturated rings. The zero-order chi connectivity index (χ0) is 14.9. The third-order valence-corrected chi connectivity index (χ3v) is 5.92. The van der Waals surface area contributed by atoms with Gasteiger partial charge in [0, 0.05) is 25.0 Å². The Labute approximate surface area is 124 Å². The number of nitrogens with zero attached hydrogens (tertiary/aromatic N) is 1. The molecule has 2 N–H and O–H groups in total. The van der Waals surface area contributed by atoms with Crippen molar-refractivity contribution < 1.29 is 4.79 Å². The van der Waals surface area contributed by atoms with Crippen molar-refractivity contribution in [2.45, 2.75) is 71.4 Å². The minimum Gasteiger partial charge on any atom is -0.342 e. The predicted molar refractivity (Wildman–Crippen MR) is 83.2 cm³/mol. The van der Waals surface area contributed by atoms with Gasteiger partial charge in [-0.3, -0.25) is 4.79 Å². The third kappa shape index (κ3) is 3.19. The summed E-state index contributed by atoms with van der Waals surface area (Å²) in [5, 5.41) is 0. The van der Waals surface area contributed by atoms with E-state index in [1.54, 1.807) is 0 Å². The molecule has 0 aliphatic heterocycles. The van der Waals surface area contributed by atoms with Gasteiger partial charge in [-0.05, 0) is 43.4 Å². The molecule has 0 saturated heterocycles. The maximum Gasteiger partial charge on any atom is 0.226 e. The predicted octanol–water partition coefficient (Wildman–Crippen LogP) is 3.03. The molecule has 2 aliphatic carbocycles. The zero-order valence-electron chi connectivity index (χ0n) is 13.6. The molecule has 1 amide bonds. The Morgan fingerprint density at radius 3 is 2.30 bits per heavy atom. The summed E-state index contributed by atoms with van der Waals surface area (Å²) < 4.78 is 0. The van der Waals surface area contributed by atoms with Crippen LogP contribution in [0.1, 0.15) is 59.3 Å². The van der Waals surface area contributed by atoms with Crippen LogP contribution in [-0.4, -0.2) is 29.9 Å². The molecule has 3 nitrogen and oxygen atoms in total. The van der Waals surface area contributed by atoms with Gasteiger partial charge in [0.25, 0.3) is 0 Å². The third-order valence-electron chi connectivity index (χ3n) is 5.92. The molecular formula is C17H32N2O. The van der Waals surface area contributed by atoms with Gasteiger partial charge in [0.1, 0.15) is 0 Å². The van der Waals surface area contributed by atoms with Crippen molar-refractivity contribution >= 4 is 5.91 Å². The van der Waals surface area contributed by atoms with Crippen molar-refractivity contribution in [3.05, 3.63) is 0 Å². The molecule has 3 heteroatoms. The number of carbonyl (C=O) groups is 1. The fourth-order valence-electron chi connectivity index (χ4n) is 4.32. The topological polar surface area (TPSA) is 46.3 Å². The van der Waals surface area contributed by atoms with E-state index in [0.29, 0.717) is 29.7 Å². The van der Waals surface area contributed by atoms with Gasteiger partial charge >= 0.3 is 0 Å². The lowest BCUT2D eigenvalue weighted by Gasteiger charge is -2.42. The number of rotatable bonds is 2. The van der Waals surface area contributed by atoms with Crippen LogP contribution < -0.4 is 5.73 Å². The first-order valence-electron chi connectivity index (χ1n) is 8.44. The lowest BCUT2D eigenvalue weighted by Crippen LogP contribution is -2.50. The highest BCUT2D eigenvalue weighted by molar-refractivity contribution is 5.79. The summed E-state index contributed by atoms with van der Waals surface area (Å²) in [5.74, 6) is 2.15. The second kappa shape index (κ2) is 6.46. The SMILES string of the molecule is CC1CC(C)C(C(=O)N(C)C2CCCCC2C)CC1N. The number of nitrogens with two attached hydrogens (primary N) is 1. The summed E-state index contributed by atoms with van der Waals surface area (Å²) in [6, 6.07) is 0.636. The standard InChI is InChI=1S/C17H32N2O/c1-11-7-5-6-8-16(11)19(4)17(20)14-10-15(18)13(3)9-12(14)2/h11-16H,5-10,18H2,1-4H3. The first-order valence-corrected chi connectivity index (χ1v) is 8.44. The Balaban J connectivity index is 2.02. The van der Waals surface area contributed by atoms with Gasteiger partial charge in [0.05, 0.1) is 0 Å². The molecule has 0 heterocycles. The van der Waals surface area contributed by atoms with Crippen LogP contribution in [0, 0.1) is 23.7 Å². The van der Waals surface area contributed by atoms with Crippen molar-refractivity contribution in [3.8, 4) is 0 Å². The van der Waals surface area contributed by atoms with Crippen molar-refractivity contribution in [1.29, 1.82) is 0 Å². The minimum atomic E-state index is 0.139. The molecule has 20 heavy (non-hydrogen) atoms. The Morgan fingerprint density at radius 1 is 1.00 bits per heavy atom. The maximum atomic E-state index is 12.9. The van der Waals surface area contributed by atoms with E-state index in [2.05, 4.69) is 25.7 Å². The van der Waals surface area contributed by atoms with Crippen LogP contribution in [0.4, 0.5) is 0 Å². The normalized spacial score (nSPS) is 42.2. The first-order chi connectivity index (χ1) is 9.41. The molecule has 0 aromatic heterocycles. The van der Waals surface area contributed by atoms with E-state index in [1.165, 1.54) is 25.7 Å². The molecule has 0 aromatic carbocycles. The quantitative estimate of drug-likeness (QED) is 0.845. The summed E-state index contributed by atoms with van der Waals surface area (Å²) in [4.78, 5) is 14.9. The second-order valence-electron chi connectivity index (χ2n) is 7.47. The van der Waals surface area contributed by atoms with Crippen LogP contribution in [-0.2, 0) is 4.79 Å². The van der Waals surface area contributed by atoms with E-state index < -0.39 is 0 Å². The van der Waals surface area contributed by atoms with Crippen LogP contribution >= 0.6 is 0 Å². The highest BCUT2D eigenvalue weighted by Gasteiger charge is 2.38. The molecule has 0 radical (unpaired) electrons. The number of carbonyl (C=O) groups excluding carboxylic acids is 1. The molecule has 6 atom stereocenters. The minimum absolute atomic E-state index is 0.139. The van der Waals surface area contributed by atoms with Crippen molar-refractivity contribution in [3.63, 3.8) is 0 Å². The van der Waals surface area contributed by atoms with Crippen molar-refractivity contribution in [1.82, 2.24) is 4.90 Å². The largest absolute Gasteiger partial charge is 0.342 e. The van der Waals surface area contributed by atoms with Gasteiger partial charge < -0.3 is 10.6 Å². The fourth-order valence-corrected chi connectivity index (χ4v) is 4.32. The Bertz CT molecular complexity index is 344. The molecule has 0 spiro atoms. The average molecular weight is 280 g/mol. The van der Waals surface area contributed by atoms with E-state index >= 15 is 0 Å². The Hall–Kier alpha value is -0.570. The van der Waals surface area contributed by atoms with Crippen LogP contribution in [0.5, 0.6) is 0 Å². The summed E-state index contributed by atoms with van der Waals surface area (Å²) in [5.41, 5.74) is 6.20. The lowest BCUT2D eigenvalue weighted by molar-refractivity contribution is -0.141. The average Bonchev–Trinajstić information content (AvgIpc) is 2.42. The zero-order valence-corrected chi connectivity index (χ0v) is 13.6. The van der Waals surface area contributed by atoms with E-state index in [1.807, 2.05) is 7.05 Å². The maximum absolute atomic E-state index is 12.9. The highest BCUT2D eigenvalue weighted by atomic mass is 16.2. The molecular weight excluding hydrogens is 248 g/mol. The van der Waals surface area contributed by atoms with E-state index in [9.17, 15) is 4.79 Å². The molecule has 2 aliphatic rings. The molecule has 6 unspecified atom stereocenters. The van der Waals surface area contributed by atoms with Crippen LogP contribution in [0.3, 0.4) is 0 Å². The van der Waals surface area contributed by atoms with Gasteiger partial charge in [-0.2, -0.15) is 0 Å². The van der Waals surface area contributed by atoms with Crippen LogP contribution in [0.25, 0.3) is 0 Å². The number of hydrogen-bond donors (Lipinski definition) is 1. The van der Waals surface area contributed by atoms with Crippen LogP contribution in [0.15, 0.2) is 0 Å². The van der Waals surface area contributed by atoms with Gasteiger partial charge in [-0.25, -0.2) is 0 Å². The molecule has 2 rings (SSSR count). The lowest BCUT2D eigenvalue weighted by atomic mass is 9.72. The van der Waals surface area contributed by atoms with Gasteiger partial charge in [0.2, 0.25) is 5.91 Å². The Kier molecular flexibility index (Phi) is 5.11. The van der Waals surface area contributed by atoms with Gasteiger partial charge in [0.15, 0.2) is 0 Å². The monoisotopic (exact) mass is 280 g/mol. The Morgan fingerprint density at radius 2 is 1.65 bits per heavy atom. The fraction of sp³-hybridized carbons (Fsp3) is 0.941. The molecule has 2 saturated carbocycles. The smallest absolute Gasteiger partial charge is 0.226 e. The number of amides is 1.